The highest BCUT2D eigenvalue weighted by Gasteiger charge is 2.35. The summed E-state index contributed by atoms with van der Waals surface area (Å²) in [4.78, 5) is 30.9. The maximum absolute atomic E-state index is 13.4. The van der Waals surface area contributed by atoms with Crippen molar-refractivity contribution in [2.75, 3.05) is 40.0 Å². The van der Waals surface area contributed by atoms with E-state index in [1.807, 2.05) is 24.0 Å². The summed E-state index contributed by atoms with van der Waals surface area (Å²) in [5.74, 6) is 1.21. The largest absolute Gasteiger partial charge is 0.491 e. The Hall–Kier alpha value is -2.38. The number of thiophene rings is 1. The van der Waals surface area contributed by atoms with Gasteiger partial charge in [-0.05, 0) is 67.7 Å². The molecule has 1 saturated carbocycles. The molecule has 1 fully saturated rings. The van der Waals surface area contributed by atoms with Crippen molar-refractivity contribution in [2.45, 2.75) is 39.2 Å². The number of rotatable bonds is 9. The summed E-state index contributed by atoms with van der Waals surface area (Å²) < 4.78 is 11.3. The standard InChI is InChI=1S/C25H32N2O4S/c1-17-4-7-22(18(2)12-17)31-15-21-20-9-11-32-23(20)8-10-27(21)24(28)14-26(13-19-5-6-19)25(29)16-30-3/h4,7,9,11-12,19,21H,5-6,8,10,13-16H2,1-3H3/t21-/m1/s1. The molecule has 2 aromatic rings. The normalized spacial score (nSPS) is 17.7. The molecule has 172 valence electrons. The smallest absolute Gasteiger partial charge is 0.249 e. The summed E-state index contributed by atoms with van der Waals surface area (Å²) in [7, 11) is 1.51. The summed E-state index contributed by atoms with van der Waals surface area (Å²) >= 11 is 1.74. The highest BCUT2D eigenvalue weighted by atomic mass is 32.1. The molecule has 0 N–H and O–H groups in total. The molecule has 0 saturated heterocycles. The van der Waals surface area contributed by atoms with Crippen molar-refractivity contribution in [3.63, 3.8) is 0 Å². The molecule has 1 aliphatic heterocycles. The monoisotopic (exact) mass is 456 g/mol. The number of aryl methyl sites for hydroxylation is 2. The Bertz CT molecular complexity index is 969. The van der Waals surface area contributed by atoms with Crippen LogP contribution in [0.25, 0.3) is 0 Å². The molecule has 32 heavy (non-hydrogen) atoms. The highest BCUT2D eigenvalue weighted by Crippen LogP contribution is 2.35. The van der Waals surface area contributed by atoms with Crippen molar-refractivity contribution < 1.29 is 19.1 Å². The molecule has 2 amide bonds. The lowest BCUT2D eigenvalue weighted by Gasteiger charge is -2.37. The Morgan fingerprint density at radius 1 is 1.22 bits per heavy atom. The van der Waals surface area contributed by atoms with Crippen molar-refractivity contribution >= 4 is 23.2 Å². The third kappa shape index (κ3) is 5.33. The van der Waals surface area contributed by atoms with Crippen LogP contribution in [0.2, 0.25) is 0 Å². The van der Waals surface area contributed by atoms with Crippen molar-refractivity contribution in [1.82, 2.24) is 9.80 Å². The second-order valence-corrected chi connectivity index (χ2v) is 9.88. The van der Waals surface area contributed by atoms with Crippen LogP contribution >= 0.6 is 11.3 Å². The number of methoxy groups -OCH3 is 1. The van der Waals surface area contributed by atoms with E-state index in [9.17, 15) is 9.59 Å². The lowest BCUT2D eigenvalue weighted by atomic mass is 10.00. The maximum atomic E-state index is 13.4. The van der Waals surface area contributed by atoms with Gasteiger partial charge >= 0.3 is 0 Å². The van der Waals surface area contributed by atoms with Crippen molar-refractivity contribution in [3.05, 3.63) is 51.2 Å². The van der Waals surface area contributed by atoms with Crippen LogP contribution in [0.1, 0.15) is 40.5 Å². The SMILES string of the molecule is COCC(=O)N(CC(=O)N1CCc2sccc2[C@H]1COc1ccc(C)cc1C)CC1CC1. The minimum Gasteiger partial charge on any atom is -0.491 e. The van der Waals surface area contributed by atoms with Crippen molar-refractivity contribution in [3.8, 4) is 5.75 Å². The van der Waals surface area contributed by atoms with Crippen LogP contribution in [0.4, 0.5) is 0 Å². The van der Waals surface area contributed by atoms with Gasteiger partial charge in [0.25, 0.3) is 0 Å². The summed E-state index contributed by atoms with van der Waals surface area (Å²) in [6.07, 6.45) is 3.09. The van der Waals surface area contributed by atoms with E-state index in [2.05, 4.69) is 24.4 Å². The van der Waals surface area contributed by atoms with Crippen molar-refractivity contribution in [1.29, 1.82) is 0 Å². The third-order valence-corrected chi connectivity index (χ3v) is 7.26. The van der Waals surface area contributed by atoms with Gasteiger partial charge in [0.15, 0.2) is 0 Å². The molecule has 2 aliphatic rings. The van der Waals surface area contributed by atoms with Gasteiger partial charge in [-0.25, -0.2) is 0 Å². The number of amides is 2. The molecule has 1 aliphatic carbocycles. The molecule has 0 radical (unpaired) electrons. The van der Waals surface area contributed by atoms with Crippen molar-refractivity contribution in [2.24, 2.45) is 5.92 Å². The van der Waals surface area contributed by atoms with E-state index in [1.54, 1.807) is 16.2 Å². The Kier molecular flexibility index (Phi) is 7.16. The van der Waals surface area contributed by atoms with Gasteiger partial charge < -0.3 is 19.3 Å². The average Bonchev–Trinajstić information content (AvgIpc) is 3.45. The van der Waals surface area contributed by atoms with E-state index in [0.29, 0.717) is 25.6 Å². The van der Waals surface area contributed by atoms with E-state index in [-0.39, 0.29) is 31.0 Å². The summed E-state index contributed by atoms with van der Waals surface area (Å²) in [6.45, 7) is 5.88. The lowest BCUT2D eigenvalue weighted by Crippen LogP contribution is -2.48. The Balaban J connectivity index is 1.50. The predicted molar refractivity (Wildman–Crippen MR) is 125 cm³/mol. The molecule has 0 bridgehead atoms. The maximum Gasteiger partial charge on any atom is 0.249 e. The van der Waals surface area contributed by atoms with Crippen LogP contribution in [-0.4, -0.2) is 61.6 Å². The van der Waals surface area contributed by atoms with Gasteiger partial charge in [0.2, 0.25) is 11.8 Å². The number of ether oxygens (including phenoxy) is 2. The van der Waals surface area contributed by atoms with Gasteiger partial charge in [0, 0.05) is 25.1 Å². The van der Waals surface area contributed by atoms with Gasteiger partial charge in [-0.1, -0.05) is 17.7 Å². The molecule has 0 unspecified atom stereocenters. The molecular formula is C25H32N2O4S. The molecule has 2 heterocycles. The third-order valence-electron chi connectivity index (χ3n) is 6.26. The number of carbonyl (C=O) groups excluding carboxylic acids is 2. The fraction of sp³-hybridized carbons (Fsp3) is 0.520. The van der Waals surface area contributed by atoms with E-state index >= 15 is 0 Å². The second-order valence-electron chi connectivity index (χ2n) is 8.88. The summed E-state index contributed by atoms with van der Waals surface area (Å²) in [6, 6.07) is 8.09. The molecule has 6 nitrogen and oxygen atoms in total. The Morgan fingerprint density at radius 3 is 2.75 bits per heavy atom. The van der Waals surface area contributed by atoms with Gasteiger partial charge in [-0.15, -0.1) is 11.3 Å². The predicted octanol–water partition coefficient (Wildman–Crippen LogP) is 3.75. The first-order valence-corrected chi connectivity index (χ1v) is 12.2. The molecular weight excluding hydrogens is 424 g/mol. The number of nitrogens with zero attached hydrogens (tertiary/aromatic N) is 2. The minimum absolute atomic E-state index is 0.00786. The Morgan fingerprint density at radius 2 is 2.03 bits per heavy atom. The van der Waals surface area contributed by atoms with Crippen LogP contribution in [0.15, 0.2) is 29.6 Å². The number of hydrogen-bond acceptors (Lipinski definition) is 5. The fourth-order valence-electron chi connectivity index (χ4n) is 4.34. The van der Waals surface area contributed by atoms with Crippen LogP contribution in [-0.2, 0) is 20.7 Å². The minimum atomic E-state index is -0.154. The van der Waals surface area contributed by atoms with Gasteiger partial charge in [-0.3, -0.25) is 9.59 Å². The van der Waals surface area contributed by atoms with Crippen LogP contribution in [0.3, 0.4) is 0 Å². The molecule has 7 heteroatoms. The zero-order chi connectivity index (χ0) is 22.7. The Labute approximate surface area is 194 Å². The van der Waals surface area contributed by atoms with Gasteiger partial charge in [-0.2, -0.15) is 0 Å². The van der Waals surface area contributed by atoms with Crippen LogP contribution in [0, 0.1) is 19.8 Å². The fourth-order valence-corrected chi connectivity index (χ4v) is 5.27. The zero-order valence-electron chi connectivity index (χ0n) is 19.1. The molecule has 1 aromatic carbocycles. The number of benzene rings is 1. The van der Waals surface area contributed by atoms with Crippen LogP contribution < -0.4 is 4.74 Å². The first-order chi connectivity index (χ1) is 15.5. The molecule has 1 atom stereocenters. The molecule has 0 spiro atoms. The van der Waals surface area contributed by atoms with Gasteiger partial charge in [0.05, 0.1) is 12.6 Å². The topological polar surface area (TPSA) is 59.1 Å². The van der Waals surface area contributed by atoms with E-state index in [1.165, 1.54) is 17.6 Å². The highest BCUT2D eigenvalue weighted by molar-refractivity contribution is 7.10. The van der Waals surface area contributed by atoms with Gasteiger partial charge in [0.1, 0.15) is 19.0 Å². The number of hydrogen-bond donors (Lipinski definition) is 0. The first-order valence-electron chi connectivity index (χ1n) is 11.3. The quantitative estimate of drug-likeness (QED) is 0.577. The summed E-state index contributed by atoms with van der Waals surface area (Å²) in [5, 5.41) is 2.09. The lowest BCUT2D eigenvalue weighted by molar-refractivity contribution is -0.144. The molecule has 4 rings (SSSR count). The number of carbonyl (C=O) groups is 2. The van der Waals surface area contributed by atoms with E-state index in [4.69, 9.17) is 9.47 Å². The van der Waals surface area contributed by atoms with Crippen LogP contribution in [0.5, 0.6) is 5.75 Å². The zero-order valence-corrected chi connectivity index (χ0v) is 20.0. The second kappa shape index (κ2) is 10.0. The van der Waals surface area contributed by atoms with E-state index < -0.39 is 0 Å². The first kappa shape index (κ1) is 22.8. The number of fused-ring (bicyclic) bond motifs is 1. The molecule has 1 aromatic heterocycles. The summed E-state index contributed by atoms with van der Waals surface area (Å²) in [5.41, 5.74) is 3.45. The van der Waals surface area contributed by atoms with E-state index in [0.717, 1.165) is 36.1 Å². The average molecular weight is 457 g/mol.